The third-order valence-corrected chi connectivity index (χ3v) is 4.78. The van der Waals surface area contributed by atoms with Crippen molar-refractivity contribution in [1.82, 2.24) is 10.2 Å². The number of rotatable bonds is 6. The monoisotopic (exact) mass is 381 g/mol. The molecule has 8 heteroatoms. The summed E-state index contributed by atoms with van der Waals surface area (Å²) in [6, 6.07) is 8.74. The molecule has 0 radical (unpaired) electrons. The van der Waals surface area contributed by atoms with E-state index in [1.807, 2.05) is 36.5 Å². The smallest absolute Gasteiger partial charge is 0.313 e. The first kappa shape index (κ1) is 19.2. The molecule has 0 bridgehead atoms. The van der Waals surface area contributed by atoms with Crippen LogP contribution in [0, 0.1) is 0 Å². The molecule has 25 heavy (non-hydrogen) atoms. The minimum absolute atomic E-state index is 0.00236. The van der Waals surface area contributed by atoms with E-state index in [-0.39, 0.29) is 6.04 Å². The lowest BCUT2D eigenvalue weighted by atomic mass is 10.2. The van der Waals surface area contributed by atoms with Gasteiger partial charge in [-0.05, 0) is 43.7 Å². The van der Waals surface area contributed by atoms with Gasteiger partial charge in [-0.1, -0.05) is 17.7 Å². The lowest BCUT2D eigenvalue weighted by molar-refractivity contribution is -0.136. The molecule has 134 valence electrons. The maximum Gasteiger partial charge on any atom is 0.313 e. The molecular formula is C17H20ClN3O3S. The summed E-state index contributed by atoms with van der Waals surface area (Å²) in [6.07, 6.45) is 0. The second-order valence-electron chi connectivity index (χ2n) is 5.50. The number of benzene rings is 1. The van der Waals surface area contributed by atoms with Crippen molar-refractivity contribution < 1.29 is 14.3 Å². The quantitative estimate of drug-likeness (QED) is 0.755. The van der Waals surface area contributed by atoms with Gasteiger partial charge in [0.05, 0.1) is 18.8 Å². The van der Waals surface area contributed by atoms with E-state index in [1.165, 1.54) is 13.2 Å². The van der Waals surface area contributed by atoms with Crippen LogP contribution >= 0.6 is 22.9 Å². The second kappa shape index (κ2) is 8.84. The Hall–Kier alpha value is -2.09. The first-order valence-electron chi connectivity index (χ1n) is 7.55. The van der Waals surface area contributed by atoms with Gasteiger partial charge in [0.15, 0.2) is 0 Å². The van der Waals surface area contributed by atoms with Gasteiger partial charge >= 0.3 is 11.8 Å². The normalized spacial score (nSPS) is 11.9. The molecule has 1 aromatic carbocycles. The van der Waals surface area contributed by atoms with Gasteiger partial charge < -0.3 is 20.3 Å². The number of amides is 2. The summed E-state index contributed by atoms with van der Waals surface area (Å²) in [7, 11) is 5.32. The third kappa shape index (κ3) is 5.19. The van der Waals surface area contributed by atoms with Gasteiger partial charge in [0, 0.05) is 16.4 Å². The summed E-state index contributed by atoms with van der Waals surface area (Å²) < 4.78 is 5.15. The highest BCUT2D eigenvalue weighted by Gasteiger charge is 2.20. The Bertz CT molecular complexity index is 735. The summed E-state index contributed by atoms with van der Waals surface area (Å²) in [5, 5.41) is 7.59. The Morgan fingerprint density at radius 2 is 2.04 bits per heavy atom. The van der Waals surface area contributed by atoms with E-state index in [4.69, 9.17) is 16.3 Å². The van der Waals surface area contributed by atoms with Crippen LogP contribution in [0.5, 0.6) is 5.75 Å². The molecule has 0 aliphatic rings. The van der Waals surface area contributed by atoms with Crippen molar-refractivity contribution in [2.45, 2.75) is 6.04 Å². The number of nitrogens with zero attached hydrogens (tertiary/aromatic N) is 1. The number of anilines is 1. The summed E-state index contributed by atoms with van der Waals surface area (Å²) in [4.78, 5) is 27.3. The highest BCUT2D eigenvalue weighted by molar-refractivity contribution is 7.10. The summed E-state index contributed by atoms with van der Waals surface area (Å²) in [5.41, 5.74) is 0.345. The Kier molecular flexibility index (Phi) is 6.81. The molecule has 2 amide bonds. The number of nitrogens with one attached hydrogen (secondary N) is 2. The summed E-state index contributed by atoms with van der Waals surface area (Å²) in [6.45, 7) is 0.326. The molecule has 2 N–H and O–H groups in total. The van der Waals surface area contributed by atoms with Crippen LogP contribution in [0.1, 0.15) is 10.9 Å². The number of hydrogen-bond acceptors (Lipinski definition) is 5. The minimum Gasteiger partial charge on any atom is -0.495 e. The van der Waals surface area contributed by atoms with Crippen LogP contribution < -0.4 is 15.4 Å². The Labute approximate surface area is 155 Å². The van der Waals surface area contributed by atoms with Crippen LogP contribution in [0.4, 0.5) is 5.69 Å². The number of hydrogen-bond donors (Lipinski definition) is 2. The molecule has 0 fully saturated rings. The van der Waals surface area contributed by atoms with E-state index in [2.05, 4.69) is 10.6 Å². The third-order valence-electron chi connectivity index (χ3n) is 3.57. The number of thiophene rings is 1. The molecular weight excluding hydrogens is 362 g/mol. The molecule has 1 heterocycles. The molecule has 0 aliphatic heterocycles. The lowest BCUT2D eigenvalue weighted by Gasteiger charge is -2.23. The summed E-state index contributed by atoms with van der Waals surface area (Å²) >= 11 is 7.52. The van der Waals surface area contributed by atoms with Crippen LogP contribution in [0.15, 0.2) is 35.7 Å². The van der Waals surface area contributed by atoms with Gasteiger partial charge in [-0.25, -0.2) is 0 Å². The van der Waals surface area contributed by atoms with Gasteiger partial charge in [0.25, 0.3) is 0 Å². The Morgan fingerprint density at radius 3 is 2.64 bits per heavy atom. The predicted octanol–water partition coefficient (Wildman–Crippen LogP) is 2.77. The standard InChI is InChI=1S/C17H20ClN3O3S/c1-21(2)13(15-5-4-8-25-15)10-19-16(22)17(23)20-12-9-11(18)6-7-14(12)24-3/h4-9,13H,10H2,1-3H3,(H,19,22)(H,20,23)/t13-/m0/s1. The molecule has 0 saturated heterocycles. The fraction of sp³-hybridized carbons (Fsp3) is 0.294. The van der Waals surface area contributed by atoms with Gasteiger partial charge in [0.1, 0.15) is 5.75 Å². The molecule has 0 spiro atoms. The highest BCUT2D eigenvalue weighted by Crippen LogP contribution is 2.27. The van der Waals surface area contributed by atoms with E-state index in [0.717, 1.165) is 4.88 Å². The number of likely N-dealkylation sites (N-methyl/N-ethyl adjacent to an activating group) is 1. The first-order chi connectivity index (χ1) is 11.9. The van der Waals surface area contributed by atoms with E-state index < -0.39 is 11.8 Å². The zero-order valence-corrected chi connectivity index (χ0v) is 15.8. The molecule has 1 atom stereocenters. The molecule has 1 aromatic heterocycles. The number of ether oxygens (including phenoxy) is 1. The maximum atomic E-state index is 12.1. The van der Waals surface area contributed by atoms with E-state index in [0.29, 0.717) is 23.0 Å². The number of methoxy groups -OCH3 is 1. The SMILES string of the molecule is COc1ccc(Cl)cc1NC(=O)C(=O)NC[C@@H](c1cccs1)N(C)C. The van der Waals surface area contributed by atoms with Crippen LogP contribution in [-0.4, -0.2) is 44.5 Å². The van der Waals surface area contributed by atoms with Crippen LogP contribution in [0.25, 0.3) is 0 Å². The van der Waals surface area contributed by atoms with Crippen LogP contribution in [0.2, 0.25) is 5.02 Å². The molecule has 0 aliphatic carbocycles. The second-order valence-corrected chi connectivity index (χ2v) is 6.92. The highest BCUT2D eigenvalue weighted by atomic mass is 35.5. The lowest BCUT2D eigenvalue weighted by Crippen LogP contribution is -2.40. The van der Waals surface area contributed by atoms with Crippen molar-refractivity contribution in [3.8, 4) is 5.75 Å². The largest absolute Gasteiger partial charge is 0.495 e. The molecule has 2 aromatic rings. The van der Waals surface area contributed by atoms with Gasteiger partial charge in [-0.3, -0.25) is 9.59 Å². The van der Waals surface area contributed by atoms with Crippen LogP contribution in [-0.2, 0) is 9.59 Å². The fourth-order valence-corrected chi connectivity index (χ4v) is 3.34. The Balaban J connectivity index is 1.98. The van der Waals surface area contributed by atoms with Crippen molar-refractivity contribution in [2.24, 2.45) is 0 Å². The molecule has 0 saturated carbocycles. The Morgan fingerprint density at radius 1 is 1.28 bits per heavy atom. The average molecular weight is 382 g/mol. The number of halogens is 1. The maximum absolute atomic E-state index is 12.1. The minimum atomic E-state index is -0.774. The first-order valence-corrected chi connectivity index (χ1v) is 8.80. The predicted molar refractivity (Wildman–Crippen MR) is 100 cm³/mol. The molecule has 0 unspecified atom stereocenters. The van der Waals surface area contributed by atoms with Crippen LogP contribution in [0.3, 0.4) is 0 Å². The van der Waals surface area contributed by atoms with E-state index in [9.17, 15) is 9.59 Å². The fourth-order valence-electron chi connectivity index (χ4n) is 2.25. The topological polar surface area (TPSA) is 70.7 Å². The van der Waals surface area contributed by atoms with Crippen molar-refractivity contribution in [2.75, 3.05) is 33.1 Å². The van der Waals surface area contributed by atoms with Gasteiger partial charge in [-0.2, -0.15) is 0 Å². The van der Waals surface area contributed by atoms with Crippen molar-refractivity contribution in [3.05, 3.63) is 45.6 Å². The number of carbonyl (C=O) groups is 2. The van der Waals surface area contributed by atoms with Crippen molar-refractivity contribution in [1.29, 1.82) is 0 Å². The van der Waals surface area contributed by atoms with E-state index >= 15 is 0 Å². The van der Waals surface area contributed by atoms with Crippen molar-refractivity contribution >= 4 is 40.4 Å². The zero-order chi connectivity index (χ0) is 18.4. The molecule has 2 rings (SSSR count). The average Bonchev–Trinajstić information content (AvgIpc) is 3.09. The zero-order valence-electron chi connectivity index (χ0n) is 14.2. The molecule has 6 nitrogen and oxygen atoms in total. The summed E-state index contributed by atoms with van der Waals surface area (Å²) in [5.74, 6) is -1.06. The number of carbonyl (C=O) groups excluding carboxylic acids is 2. The van der Waals surface area contributed by atoms with Gasteiger partial charge in [0.2, 0.25) is 0 Å². The van der Waals surface area contributed by atoms with E-state index in [1.54, 1.807) is 23.5 Å². The van der Waals surface area contributed by atoms with Crippen molar-refractivity contribution in [3.63, 3.8) is 0 Å². The van der Waals surface area contributed by atoms with Gasteiger partial charge in [-0.15, -0.1) is 11.3 Å².